The smallest absolute Gasteiger partial charge is 0.212 e. The lowest BCUT2D eigenvalue weighted by atomic mass is 10.4. The van der Waals surface area contributed by atoms with Crippen molar-refractivity contribution in [1.29, 1.82) is 0 Å². The molecule has 0 aliphatic rings. The average Bonchev–Trinajstić information content (AvgIpc) is 2.94. The molecule has 104 valence electrons. The molecule has 0 saturated carbocycles. The zero-order valence-corrected chi connectivity index (χ0v) is 11.8. The fraction of sp³-hybridized carbons (Fsp3) is 0.500. The SMILES string of the molecule is CCCNCc1ccc(COc2cc(C)nn2C)o1. The zero-order chi connectivity index (χ0) is 13.7. The van der Waals surface area contributed by atoms with Crippen LogP contribution in [0.2, 0.25) is 0 Å². The predicted molar refractivity (Wildman–Crippen MR) is 73.0 cm³/mol. The van der Waals surface area contributed by atoms with E-state index < -0.39 is 0 Å². The summed E-state index contributed by atoms with van der Waals surface area (Å²) in [6.45, 7) is 6.27. The molecule has 0 radical (unpaired) electrons. The van der Waals surface area contributed by atoms with Crippen LogP contribution in [0, 0.1) is 6.92 Å². The third-order valence-corrected chi connectivity index (χ3v) is 2.76. The van der Waals surface area contributed by atoms with E-state index in [0.29, 0.717) is 6.61 Å². The quantitative estimate of drug-likeness (QED) is 0.779. The van der Waals surface area contributed by atoms with E-state index in [1.165, 1.54) is 0 Å². The lowest BCUT2D eigenvalue weighted by Gasteiger charge is -2.03. The van der Waals surface area contributed by atoms with Crippen LogP contribution in [0.1, 0.15) is 30.6 Å². The highest BCUT2D eigenvalue weighted by Crippen LogP contribution is 2.15. The van der Waals surface area contributed by atoms with Crippen molar-refractivity contribution in [1.82, 2.24) is 15.1 Å². The van der Waals surface area contributed by atoms with Crippen LogP contribution < -0.4 is 10.1 Å². The Hall–Kier alpha value is -1.75. The fourth-order valence-corrected chi connectivity index (χ4v) is 1.85. The van der Waals surface area contributed by atoms with Crippen LogP contribution in [0.5, 0.6) is 5.88 Å². The van der Waals surface area contributed by atoms with Gasteiger partial charge in [-0.1, -0.05) is 6.92 Å². The van der Waals surface area contributed by atoms with E-state index in [1.54, 1.807) is 4.68 Å². The van der Waals surface area contributed by atoms with E-state index >= 15 is 0 Å². The van der Waals surface area contributed by atoms with Crippen LogP contribution in [0.3, 0.4) is 0 Å². The van der Waals surface area contributed by atoms with Gasteiger partial charge in [0, 0.05) is 13.1 Å². The first-order valence-electron chi connectivity index (χ1n) is 6.60. The number of aryl methyl sites for hydroxylation is 2. The number of hydrogen-bond acceptors (Lipinski definition) is 4. The van der Waals surface area contributed by atoms with Gasteiger partial charge >= 0.3 is 0 Å². The van der Waals surface area contributed by atoms with E-state index in [9.17, 15) is 0 Å². The summed E-state index contributed by atoms with van der Waals surface area (Å²) in [6.07, 6.45) is 1.12. The molecule has 0 amide bonds. The Balaban J connectivity index is 1.84. The minimum atomic E-state index is 0.423. The molecule has 0 aliphatic heterocycles. The van der Waals surface area contributed by atoms with Crippen molar-refractivity contribution in [3.05, 3.63) is 35.4 Å². The molecule has 1 N–H and O–H groups in total. The molecule has 0 atom stereocenters. The molecule has 0 fully saturated rings. The third-order valence-electron chi connectivity index (χ3n) is 2.76. The van der Waals surface area contributed by atoms with E-state index in [-0.39, 0.29) is 0 Å². The van der Waals surface area contributed by atoms with Crippen LogP contribution in [0.4, 0.5) is 0 Å². The standard InChI is InChI=1S/C14H21N3O2/c1-4-7-15-9-12-5-6-13(19-12)10-18-14-8-11(2)16-17(14)3/h5-6,8,15H,4,7,9-10H2,1-3H3. The fourth-order valence-electron chi connectivity index (χ4n) is 1.85. The molecule has 5 nitrogen and oxygen atoms in total. The van der Waals surface area contributed by atoms with Crippen molar-refractivity contribution in [2.24, 2.45) is 7.05 Å². The summed E-state index contributed by atoms with van der Waals surface area (Å²) in [5.74, 6) is 2.51. The maximum Gasteiger partial charge on any atom is 0.212 e. The highest BCUT2D eigenvalue weighted by atomic mass is 16.5. The Morgan fingerprint density at radius 1 is 1.37 bits per heavy atom. The van der Waals surface area contributed by atoms with Gasteiger partial charge in [-0.3, -0.25) is 0 Å². The monoisotopic (exact) mass is 263 g/mol. The van der Waals surface area contributed by atoms with E-state index in [2.05, 4.69) is 17.3 Å². The van der Waals surface area contributed by atoms with Crippen molar-refractivity contribution in [3.63, 3.8) is 0 Å². The van der Waals surface area contributed by atoms with Crippen molar-refractivity contribution < 1.29 is 9.15 Å². The summed E-state index contributed by atoms with van der Waals surface area (Å²) in [6, 6.07) is 5.84. The molecule has 0 aliphatic carbocycles. The van der Waals surface area contributed by atoms with Gasteiger partial charge in [-0.05, 0) is 32.0 Å². The van der Waals surface area contributed by atoms with Gasteiger partial charge in [-0.15, -0.1) is 0 Å². The molecule has 2 aromatic rings. The molecule has 2 heterocycles. The first-order chi connectivity index (χ1) is 9.19. The highest BCUT2D eigenvalue weighted by Gasteiger charge is 2.06. The van der Waals surface area contributed by atoms with Crippen LogP contribution >= 0.6 is 0 Å². The van der Waals surface area contributed by atoms with Gasteiger partial charge in [-0.25, -0.2) is 4.68 Å². The second-order valence-electron chi connectivity index (χ2n) is 4.58. The molecule has 2 aromatic heterocycles. The number of aromatic nitrogens is 2. The summed E-state index contributed by atoms with van der Waals surface area (Å²) in [7, 11) is 1.87. The number of nitrogens with zero attached hydrogens (tertiary/aromatic N) is 2. The third kappa shape index (κ3) is 3.86. The van der Waals surface area contributed by atoms with E-state index in [4.69, 9.17) is 9.15 Å². The Morgan fingerprint density at radius 3 is 2.84 bits per heavy atom. The Bertz CT molecular complexity index is 516. The largest absolute Gasteiger partial charge is 0.470 e. The second-order valence-corrected chi connectivity index (χ2v) is 4.58. The molecule has 0 unspecified atom stereocenters. The first-order valence-corrected chi connectivity index (χ1v) is 6.60. The lowest BCUT2D eigenvalue weighted by Crippen LogP contribution is -2.13. The number of ether oxygens (including phenoxy) is 1. The van der Waals surface area contributed by atoms with E-state index in [0.717, 1.165) is 42.6 Å². The molecule has 19 heavy (non-hydrogen) atoms. The highest BCUT2D eigenvalue weighted by molar-refractivity contribution is 5.15. The van der Waals surface area contributed by atoms with Crippen molar-refractivity contribution >= 4 is 0 Å². The molecular weight excluding hydrogens is 242 g/mol. The Morgan fingerprint density at radius 2 is 2.16 bits per heavy atom. The topological polar surface area (TPSA) is 52.2 Å². The van der Waals surface area contributed by atoms with Gasteiger partial charge < -0.3 is 14.5 Å². The molecule has 0 saturated heterocycles. The lowest BCUT2D eigenvalue weighted by molar-refractivity contribution is 0.245. The number of rotatable bonds is 7. The Labute approximate surface area is 113 Å². The van der Waals surface area contributed by atoms with Crippen LogP contribution in [-0.4, -0.2) is 16.3 Å². The number of furan rings is 1. The van der Waals surface area contributed by atoms with Gasteiger partial charge in [0.25, 0.3) is 0 Å². The number of hydrogen-bond donors (Lipinski definition) is 1. The summed E-state index contributed by atoms with van der Waals surface area (Å²) >= 11 is 0. The zero-order valence-electron chi connectivity index (χ0n) is 11.8. The molecule has 0 aromatic carbocycles. The maximum absolute atomic E-state index is 5.68. The first kappa shape index (κ1) is 13.7. The van der Waals surface area contributed by atoms with Crippen LogP contribution in [0.15, 0.2) is 22.6 Å². The van der Waals surface area contributed by atoms with Gasteiger partial charge in [0.2, 0.25) is 5.88 Å². The molecule has 5 heteroatoms. The predicted octanol–water partition coefficient (Wildman–Crippen LogP) is 2.40. The second kappa shape index (κ2) is 6.43. The van der Waals surface area contributed by atoms with Crippen LogP contribution in [0.25, 0.3) is 0 Å². The summed E-state index contributed by atoms with van der Waals surface area (Å²) in [5, 5.41) is 7.53. The molecule has 0 bridgehead atoms. The minimum absolute atomic E-state index is 0.423. The maximum atomic E-state index is 5.68. The van der Waals surface area contributed by atoms with E-state index in [1.807, 2.05) is 32.2 Å². The van der Waals surface area contributed by atoms with Crippen molar-refractivity contribution in [2.45, 2.75) is 33.4 Å². The Kier molecular flexibility index (Phi) is 4.63. The summed E-state index contributed by atoms with van der Waals surface area (Å²) in [5.41, 5.74) is 0.946. The molecular formula is C14H21N3O2. The summed E-state index contributed by atoms with van der Waals surface area (Å²) < 4.78 is 13.1. The summed E-state index contributed by atoms with van der Waals surface area (Å²) in [4.78, 5) is 0. The van der Waals surface area contributed by atoms with Gasteiger partial charge in [0.15, 0.2) is 0 Å². The normalized spacial score (nSPS) is 10.9. The van der Waals surface area contributed by atoms with Gasteiger partial charge in [-0.2, -0.15) is 5.10 Å². The van der Waals surface area contributed by atoms with Gasteiger partial charge in [0.05, 0.1) is 12.2 Å². The molecule has 0 spiro atoms. The number of nitrogens with one attached hydrogen (secondary N) is 1. The van der Waals surface area contributed by atoms with Crippen LogP contribution in [-0.2, 0) is 20.2 Å². The average molecular weight is 263 g/mol. The van der Waals surface area contributed by atoms with Gasteiger partial charge in [0.1, 0.15) is 18.1 Å². The molecule has 2 rings (SSSR count). The van der Waals surface area contributed by atoms with Crippen molar-refractivity contribution in [2.75, 3.05) is 6.54 Å². The minimum Gasteiger partial charge on any atom is -0.470 e. The van der Waals surface area contributed by atoms with Crippen molar-refractivity contribution in [3.8, 4) is 5.88 Å².